The lowest BCUT2D eigenvalue weighted by Gasteiger charge is -2.07. The molecule has 0 aliphatic carbocycles. The molecule has 0 aromatic heterocycles. The lowest BCUT2D eigenvalue weighted by Crippen LogP contribution is -2.15. The molecule has 0 saturated carbocycles. The molecule has 22 heavy (non-hydrogen) atoms. The Balaban J connectivity index is 2.04. The Morgan fingerprint density at radius 2 is 2.05 bits per heavy atom. The molecule has 0 fully saturated rings. The largest absolute Gasteiger partial charge is 0.320 e. The molecule has 5 nitrogen and oxygen atoms in total. The first-order chi connectivity index (χ1) is 10.5. The fourth-order valence-corrected chi connectivity index (χ4v) is 2.69. The number of thioether (sulfide) groups is 1. The smallest absolute Gasteiger partial charge is 0.295 e. The van der Waals surface area contributed by atoms with Crippen molar-refractivity contribution >= 4 is 40.6 Å². The van der Waals surface area contributed by atoms with Gasteiger partial charge < -0.3 is 5.32 Å². The number of nitrogens with one attached hydrogen (secondary N) is 1. The van der Waals surface area contributed by atoms with Gasteiger partial charge in [-0.25, -0.2) is 4.39 Å². The summed E-state index contributed by atoms with van der Waals surface area (Å²) in [5, 5.41) is 13.8. The molecule has 0 saturated heterocycles. The molecule has 2 rings (SSSR count). The Morgan fingerprint density at radius 3 is 2.73 bits per heavy atom. The van der Waals surface area contributed by atoms with Crippen LogP contribution < -0.4 is 5.32 Å². The second-order valence-corrected chi connectivity index (χ2v) is 5.61. The number of carbonyl (C=O) groups is 1. The first kappa shape index (κ1) is 16.3. The Bertz CT molecular complexity index is 727. The van der Waals surface area contributed by atoms with Crippen molar-refractivity contribution in [2.45, 2.75) is 4.90 Å². The van der Waals surface area contributed by atoms with E-state index >= 15 is 0 Å². The number of amides is 1. The molecular formula is C14H10ClFN2O3S. The molecule has 0 aliphatic heterocycles. The van der Waals surface area contributed by atoms with Gasteiger partial charge in [0, 0.05) is 4.90 Å². The van der Waals surface area contributed by atoms with Crippen LogP contribution in [0.15, 0.2) is 47.4 Å². The van der Waals surface area contributed by atoms with Gasteiger partial charge in [0.25, 0.3) is 5.69 Å². The molecule has 114 valence electrons. The highest BCUT2D eigenvalue weighted by molar-refractivity contribution is 8.00. The molecule has 0 unspecified atom stereocenters. The summed E-state index contributed by atoms with van der Waals surface area (Å²) >= 11 is 7.17. The van der Waals surface area contributed by atoms with Gasteiger partial charge in [0.05, 0.1) is 21.8 Å². The van der Waals surface area contributed by atoms with E-state index in [0.29, 0.717) is 5.02 Å². The van der Waals surface area contributed by atoms with E-state index in [1.54, 1.807) is 24.3 Å². The topological polar surface area (TPSA) is 72.2 Å². The summed E-state index contributed by atoms with van der Waals surface area (Å²) in [7, 11) is 0. The molecule has 1 amide bonds. The number of halogens is 2. The minimum atomic E-state index is -0.750. The van der Waals surface area contributed by atoms with Crippen LogP contribution in [-0.4, -0.2) is 16.6 Å². The van der Waals surface area contributed by atoms with Crippen LogP contribution in [0, 0.1) is 15.9 Å². The fraction of sp³-hybridized carbons (Fsp3) is 0.0714. The van der Waals surface area contributed by atoms with Crippen LogP contribution in [0.4, 0.5) is 15.8 Å². The maximum absolute atomic E-state index is 13.0. The molecule has 2 aromatic carbocycles. The van der Waals surface area contributed by atoms with Gasteiger partial charge in [-0.05, 0) is 24.3 Å². The Kier molecular flexibility index (Phi) is 5.35. The van der Waals surface area contributed by atoms with E-state index in [9.17, 15) is 19.3 Å². The van der Waals surface area contributed by atoms with Gasteiger partial charge in [0.1, 0.15) is 11.5 Å². The summed E-state index contributed by atoms with van der Waals surface area (Å²) in [6, 6.07) is 9.99. The quantitative estimate of drug-likeness (QED) is 0.505. The van der Waals surface area contributed by atoms with Gasteiger partial charge in [-0.3, -0.25) is 14.9 Å². The van der Waals surface area contributed by atoms with Crippen molar-refractivity contribution in [3.63, 3.8) is 0 Å². The van der Waals surface area contributed by atoms with Crippen molar-refractivity contribution in [3.8, 4) is 0 Å². The van der Waals surface area contributed by atoms with E-state index in [0.717, 1.165) is 23.1 Å². The van der Waals surface area contributed by atoms with Gasteiger partial charge in [-0.1, -0.05) is 23.7 Å². The molecule has 0 bridgehead atoms. The molecule has 0 aliphatic rings. The van der Waals surface area contributed by atoms with E-state index in [1.807, 2.05) is 0 Å². The summed E-state index contributed by atoms with van der Waals surface area (Å²) in [6.07, 6.45) is 0. The van der Waals surface area contributed by atoms with Crippen LogP contribution in [0.25, 0.3) is 0 Å². The van der Waals surface area contributed by atoms with Gasteiger partial charge in [-0.2, -0.15) is 0 Å². The van der Waals surface area contributed by atoms with E-state index in [4.69, 9.17) is 11.6 Å². The van der Waals surface area contributed by atoms with E-state index in [2.05, 4.69) is 5.32 Å². The highest BCUT2D eigenvalue weighted by Crippen LogP contribution is 2.28. The normalized spacial score (nSPS) is 10.3. The number of nitrogens with zero attached hydrogens (tertiary/aromatic N) is 1. The summed E-state index contributed by atoms with van der Waals surface area (Å²) in [4.78, 5) is 22.7. The van der Waals surface area contributed by atoms with Crippen LogP contribution in [0.5, 0.6) is 0 Å². The Hall–Kier alpha value is -2.12. The third-order valence-electron chi connectivity index (χ3n) is 2.63. The summed E-state index contributed by atoms with van der Waals surface area (Å²) in [5.41, 5.74) is -0.535. The van der Waals surface area contributed by atoms with Crippen LogP contribution in [-0.2, 0) is 4.79 Å². The lowest BCUT2D eigenvalue weighted by atomic mass is 10.2. The average Bonchev–Trinajstić information content (AvgIpc) is 2.48. The van der Waals surface area contributed by atoms with Crippen LogP contribution in [0.2, 0.25) is 5.02 Å². The van der Waals surface area contributed by atoms with Gasteiger partial charge in [0.15, 0.2) is 0 Å². The first-order valence-corrected chi connectivity index (χ1v) is 7.45. The second kappa shape index (κ2) is 7.24. The highest BCUT2D eigenvalue weighted by Gasteiger charge is 2.17. The minimum absolute atomic E-state index is 0.0261. The van der Waals surface area contributed by atoms with Crippen molar-refractivity contribution in [1.29, 1.82) is 0 Å². The Morgan fingerprint density at radius 1 is 1.32 bits per heavy atom. The molecule has 0 spiro atoms. The molecular weight excluding hydrogens is 331 g/mol. The van der Waals surface area contributed by atoms with E-state index < -0.39 is 22.3 Å². The minimum Gasteiger partial charge on any atom is -0.320 e. The third kappa shape index (κ3) is 4.19. The summed E-state index contributed by atoms with van der Waals surface area (Å²) < 4.78 is 13.0. The predicted molar refractivity (Wildman–Crippen MR) is 83.9 cm³/mol. The summed E-state index contributed by atoms with van der Waals surface area (Å²) in [5.74, 6) is -1.16. The number of hydrogen-bond acceptors (Lipinski definition) is 4. The first-order valence-electron chi connectivity index (χ1n) is 6.08. The number of hydrogen-bond donors (Lipinski definition) is 1. The SMILES string of the molecule is O=C(CSc1ccccc1Cl)Nc1ccc(F)cc1[N+](=O)[O-]. The van der Waals surface area contributed by atoms with E-state index in [1.165, 1.54) is 11.8 Å². The maximum atomic E-state index is 13.0. The lowest BCUT2D eigenvalue weighted by molar-refractivity contribution is -0.384. The van der Waals surface area contributed by atoms with Gasteiger partial charge in [0.2, 0.25) is 5.91 Å². The zero-order valence-electron chi connectivity index (χ0n) is 11.1. The average molecular weight is 341 g/mol. The number of nitro groups is 1. The fourth-order valence-electron chi connectivity index (χ4n) is 1.65. The molecule has 2 aromatic rings. The van der Waals surface area contributed by atoms with Crippen LogP contribution in [0.3, 0.4) is 0 Å². The number of rotatable bonds is 5. The number of carbonyl (C=O) groups excluding carboxylic acids is 1. The highest BCUT2D eigenvalue weighted by atomic mass is 35.5. The van der Waals surface area contributed by atoms with Gasteiger partial charge in [-0.15, -0.1) is 11.8 Å². The monoisotopic (exact) mass is 340 g/mol. The number of benzene rings is 2. The number of anilines is 1. The molecule has 0 heterocycles. The zero-order valence-corrected chi connectivity index (χ0v) is 12.7. The second-order valence-electron chi connectivity index (χ2n) is 4.19. The van der Waals surface area contributed by atoms with Crippen molar-refractivity contribution < 1.29 is 14.1 Å². The summed E-state index contributed by atoms with van der Waals surface area (Å²) in [6.45, 7) is 0. The Labute approximate surface area is 134 Å². The van der Waals surface area contributed by atoms with Crippen LogP contribution >= 0.6 is 23.4 Å². The predicted octanol–water partition coefficient (Wildman–Crippen LogP) is 4.12. The third-order valence-corrected chi connectivity index (χ3v) is 4.14. The zero-order chi connectivity index (χ0) is 16.1. The molecule has 1 N–H and O–H groups in total. The van der Waals surface area contributed by atoms with Crippen LogP contribution in [0.1, 0.15) is 0 Å². The molecule has 8 heteroatoms. The number of nitro benzene ring substituents is 1. The van der Waals surface area contributed by atoms with Crippen molar-refractivity contribution in [2.24, 2.45) is 0 Å². The van der Waals surface area contributed by atoms with Crippen molar-refractivity contribution in [2.75, 3.05) is 11.1 Å². The van der Waals surface area contributed by atoms with Crippen molar-refractivity contribution in [3.05, 3.63) is 63.4 Å². The van der Waals surface area contributed by atoms with Crippen molar-refractivity contribution in [1.82, 2.24) is 0 Å². The standard InChI is InChI=1S/C14H10ClFN2O3S/c15-10-3-1-2-4-13(10)22-8-14(19)17-11-6-5-9(16)7-12(11)18(20)21/h1-7H,8H2,(H,17,19). The molecule has 0 atom stereocenters. The van der Waals surface area contributed by atoms with Gasteiger partial charge >= 0.3 is 0 Å². The molecule has 0 radical (unpaired) electrons. The maximum Gasteiger partial charge on any atom is 0.295 e. The van der Waals surface area contributed by atoms with E-state index in [-0.39, 0.29) is 11.4 Å².